The van der Waals surface area contributed by atoms with Gasteiger partial charge in [0.25, 0.3) is 0 Å². The molecule has 0 amide bonds. The predicted octanol–water partition coefficient (Wildman–Crippen LogP) is 4.33. The summed E-state index contributed by atoms with van der Waals surface area (Å²) in [4.78, 5) is 12.9. The number of benzene rings is 2. The minimum atomic E-state index is -0.355. The van der Waals surface area contributed by atoms with E-state index in [1.807, 2.05) is 7.05 Å². The Morgan fingerprint density at radius 1 is 1.23 bits per heavy atom. The Balaban J connectivity index is 1.89. The molecule has 1 heterocycles. The molecule has 5 nitrogen and oxygen atoms in total. The van der Waals surface area contributed by atoms with Gasteiger partial charge in [-0.2, -0.15) is 10.4 Å². The normalized spacial score (nSPS) is 10.8. The van der Waals surface area contributed by atoms with E-state index in [9.17, 15) is 14.4 Å². The van der Waals surface area contributed by atoms with Crippen LogP contribution < -0.4 is 5.32 Å². The summed E-state index contributed by atoms with van der Waals surface area (Å²) in [7, 11) is 1.81. The van der Waals surface area contributed by atoms with Gasteiger partial charge in [0, 0.05) is 31.1 Å². The number of hydrogen-bond acceptors (Lipinski definition) is 4. The molecule has 0 atom stereocenters. The molecule has 0 aliphatic carbocycles. The van der Waals surface area contributed by atoms with Gasteiger partial charge < -0.3 is 5.32 Å². The van der Waals surface area contributed by atoms with Crippen LogP contribution in [-0.4, -0.2) is 22.1 Å². The minimum Gasteiger partial charge on any atom is -0.311 e. The molecular formula is C24H25FN4O. The molecule has 0 unspecified atom stereocenters. The van der Waals surface area contributed by atoms with Crippen molar-refractivity contribution in [3.8, 4) is 17.2 Å². The monoisotopic (exact) mass is 404 g/mol. The SMILES string of the molecule is CCCNCc1cc(C(=O)Cc2cccc(-c3cccc(C)c3F)c2C#N)nn1C. The van der Waals surface area contributed by atoms with Crippen molar-refractivity contribution in [1.82, 2.24) is 15.1 Å². The number of Topliss-reactive ketones (excluding diaryl/α,β-unsaturated/α-hetero) is 1. The average molecular weight is 404 g/mol. The minimum absolute atomic E-state index is 0.0308. The quantitative estimate of drug-likeness (QED) is 0.448. The lowest BCUT2D eigenvalue weighted by Gasteiger charge is -2.11. The number of hydrogen-bond donors (Lipinski definition) is 1. The first-order chi connectivity index (χ1) is 14.5. The van der Waals surface area contributed by atoms with E-state index in [0.29, 0.717) is 40.1 Å². The van der Waals surface area contributed by atoms with Crippen LogP contribution in [0.1, 0.15) is 46.2 Å². The summed E-state index contributed by atoms with van der Waals surface area (Å²) >= 11 is 0. The second-order valence-corrected chi connectivity index (χ2v) is 7.31. The van der Waals surface area contributed by atoms with Crippen LogP contribution in [0, 0.1) is 24.1 Å². The number of halogens is 1. The fourth-order valence-electron chi connectivity index (χ4n) is 3.42. The molecule has 3 rings (SSSR count). The third-order valence-electron chi connectivity index (χ3n) is 5.09. The van der Waals surface area contributed by atoms with Crippen LogP contribution in [0.2, 0.25) is 0 Å². The van der Waals surface area contributed by atoms with Gasteiger partial charge in [0.2, 0.25) is 0 Å². The standard InChI is InChI=1S/C24H25FN4O/c1-4-11-27-15-18-13-22(28-29(18)3)23(30)12-17-8-6-9-19(21(17)14-26)20-10-5-7-16(2)24(20)25/h5-10,13,27H,4,11-12,15H2,1-3H3. The lowest BCUT2D eigenvalue weighted by atomic mass is 9.92. The van der Waals surface area contributed by atoms with Crippen molar-refractivity contribution in [2.24, 2.45) is 7.05 Å². The maximum atomic E-state index is 14.6. The molecule has 0 bridgehead atoms. The Kier molecular flexibility index (Phi) is 6.76. The molecule has 1 N–H and O–H groups in total. The largest absolute Gasteiger partial charge is 0.311 e. The van der Waals surface area contributed by atoms with Gasteiger partial charge in [-0.15, -0.1) is 0 Å². The summed E-state index contributed by atoms with van der Waals surface area (Å²) in [6.45, 7) is 5.31. The van der Waals surface area contributed by atoms with E-state index in [1.165, 1.54) is 0 Å². The first-order valence-electron chi connectivity index (χ1n) is 10.0. The van der Waals surface area contributed by atoms with Crippen molar-refractivity contribution in [3.63, 3.8) is 0 Å². The number of aryl methyl sites for hydroxylation is 2. The second kappa shape index (κ2) is 9.47. The molecule has 1 aromatic heterocycles. The zero-order valence-electron chi connectivity index (χ0n) is 17.5. The van der Waals surface area contributed by atoms with Crippen molar-refractivity contribution in [1.29, 1.82) is 5.26 Å². The molecule has 0 fully saturated rings. The molecule has 0 aliphatic rings. The molecule has 0 spiro atoms. The summed E-state index contributed by atoms with van der Waals surface area (Å²) in [5.74, 6) is -0.530. The van der Waals surface area contributed by atoms with Crippen LogP contribution in [0.15, 0.2) is 42.5 Å². The van der Waals surface area contributed by atoms with Gasteiger partial charge in [-0.05, 0) is 37.1 Å². The summed E-state index contributed by atoms with van der Waals surface area (Å²) in [6.07, 6.45) is 1.06. The Morgan fingerprint density at radius 3 is 2.70 bits per heavy atom. The van der Waals surface area contributed by atoms with Crippen LogP contribution in [0.5, 0.6) is 0 Å². The first kappa shape index (κ1) is 21.4. The molecule has 0 saturated heterocycles. The Labute approximate surface area is 176 Å². The zero-order chi connectivity index (χ0) is 21.7. The van der Waals surface area contributed by atoms with E-state index < -0.39 is 0 Å². The highest BCUT2D eigenvalue weighted by molar-refractivity contribution is 5.96. The summed E-state index contributed by atoms with van der Waals surface area (Å²) in [5, 5.41) is 17.4. The second-order valence-electron chi connectivity index (χ2n) is 7.31. The molecule has 6 heteroatoms. The van der Waals surface area contributed by atoms with E-state index in [2.05, 4.69) is 23.4 Å². The van der Waals surface area contributed by atoms with E-state index in [1.54, 1.807) is 54.1 Å². The Morgan fingerprint density at radius 2 is 1.97 bits per heavy atom. The van der Waals surface area contributed by atoms with Crippen LogP contribution in [0.3, 0.4) is 0 Å². The fourth-order valence-corrected chi connectivity index (χ4v) is 3.42. The van der Waals surface area contributed by atoms with Gasteiger partial charge >= 0.3 is 0 Å². The number of nitrogens with zero attached hydrogens (tertiary/aromatic N) is 3. The number of aromatic nitrogens is 2. The third-order valence-corrected chi connectivity index (χ3v) is 5.09. The topological polar surface area (TPSA) is 70.7 Å². The van der Waals surface area contributed by atoms with Crippen molar-refractivity contribution in [2.75, 3.05) is 6.54 Å². The third kappa shape index (κ3) is 4.47. The van der Waals surface area contributed by atoms with Gasteiger partial charge in [0.1, 0.15) is 17.6 Å². The van der Waals surface area contributed by atoms with Crippen molar-refractivity contribution in [3.05, 3.63) is 76.4 Å². The average Bonchev–Trinajstić information content (AvgIpc) is 3.11. The van der Waals surface area contributed by atoms with Gasteiger partial charge in [0.05, 0.1) is 11.3 Å². The molecule has 0 radical (unpaired) electrons. The molecule has 2 aromatic carbocycles. The number of rotatable bonds is 8. The maximum absolute atomic E-state index is 14.6. The van der Waals surface area contributed by atoms with Gasteiger partial charge in [-0.25, -0.2) is 4.39 Å². The molecule has 0 aliphatic heterocycles. The number of carbonyl (C=O) groups excluding carboxylic acids is 1. The number of ketones is 1. The first-order valence-corrected chi connectivity index (χ1v) is 10.0. The smallest absolute Gasteiger partial charge is 0.187 e. The van der Waals surface area contributed by atoms with Crippen molar-refractivity contribution < 1.29 is 9.18 Å². The summed E-state index contributed by atoms with van der Waals surface area (Å²) < 4.78 is 16.3. The van der Waals surface area contributed by atoms with Crippen LogP contribution in [-0.2, 0) is 20.0 Å². The summed E-state index contributed by atoms with van der Waals surface area (Å²) in [5.41, 5.74) is 3.53. The fraction of sp³-hybridized carbons (Fsp3) is 0.292. The van der Waals surface area contributed by atoms with E-state index in [0.717, 1.165) is 18.7 Å². The zero-order valence-corrected chi connectivity index (χ0v) is 17.5. The molecule has 0 saturated carbocycles. The van der Waals surface area contributed by atoms with Crippen molar-refractivity contribution >= 4 is 5.78 Å². The lowest BCUT2D eigenvalue weighted by Crippen LogP contribution is -2.16. The number of nitriles is 1. The molecular weight excluding hydrogens is 379 g/mol. The van der Waals surface area contributed by atoms with Crippen LogP contribution in [0.25, 0.3) is 11.1 Å². The molecule has 30 heavy (non-hydrogen) atoms. The van der Waals surface area contributed by atoms with Gasteiger partial charge in [-0.1, -0.05) is 43.3 Å². The maximum Gasteiger partial charge on any atom is 0.187 e. The number of carbonyl (C=O) groups is 1. The molecule has 3 aromatic rings. The Hall–Kier alpha value is -3.30. The lowest BCUT2D eigenvalue weighted by molar-refractivity contribution is 0.0987. The van der Waals surface area contributed by atoms with Crippen LogP contribution >= 0.6 is 0 Å². The highest BCUT2D eigenvalue weighted by atomic mass is 19.1. The molecule has 154 valence electrons. The van der Waals surface area contributed by atoms with Crippen molar-refractivity contribution in [2.45, 2.75) is 33.2 Å². The van der Waals surface area contributed by atoms with Gasteiger partial charge in [0.15, 0.2) is 5.78 Å². The van der Waals surface area contributed by atoms with Crippen LogP contribution in [0.4, 0.5) is 4.39 Å². The highest BCUT2D eigenvalue weighted by Gasteiger charge is 2.19. The van der Waals surface area contributed by atoms with E-state index >= 15 is 0 Å². The highest BCUT2D eigenvalue weighted by Crippen LogP contribution is 2.30. The summed E-state index contributed by atoms with van der Waals surface area (Å²) in [6, 6.07) is 14.2. The van der Waals surface area contributed by atoms with E-state index in [4.69, 9.17) is 0 Å². The Bertz CT molecular complexity index is 1110. The predicted molar refractivity (Wildman–Crippen MR) is 115 cm³/mol. The van der Waals surface area contributed by atoms with Gasteiger partial charge in [-0.3, -0.25) is 9.48 Å². The number of nitrogens with one attached hydrogen (secondary N) is 1. The van der Waals surface area contributed by atoms with E-state index in [-0.39, 0.29) is 18.0 Å².